The molecule has 0 aliphatic rings. The number of halogens is 1. The van der Waals surface area contributed by atoms with Crippen molar-refractivity contribution in [1.82, 2.24) is 25.1 Å². The second-order valence-corrected chi connectivity index (χ2v) is 8.27. The lowest BCUT2D eigenvalue weighted by Gasteiger charge is -2.11. The Labute approximate surface area is 213 Å². The molecule has 0 bridgehead atoms. The van der Waals surface area contributed by atoms with E-state index in [0.29, 0.717) is 45.2 Å². The summed E-state index contributed by atoms with van der Waals surface area (Å²) in [5.74, 6) is 2.41. The molecule has 1 amide bonds. The molecule has 188 valence electrons. The lowest BCUT2D eigenvalue weighted by Crippen LogP contribution is -2.32. The van der Waals surface area contributed by atoms with Gasteiger partial charge in [0.05, 0.1) is 26.3 Å². The highest BCUT2D eigenvalue weighted by molar-refractivity contribution is 6.32. The van der Waals surface area contributed by atoms with Crippen LogP contribution in [-0.4, -0.2) is 59.7 Å². The number of rotatable bonds is 10. The number of ether oxygens (including phenoxy) is 4. The van der Waals surface area contributed by atoms with Gasteiger partial charge < -0.3 is 24.3 Å². The van der Waals surface area contributed by atoms with Gasteiger partial charge in [0.15, 0.2) is 18.1 Å². The molecule has 2 aromatic heterocycles. The van der Waals surface area contributed by atoms with Crippen LogP contribution in [0.15, 0.2) is 42.5 Å². The maximum absolute atomic E-state index is 12.1. The molecule has 1 N–H and O–H groups in total. The molecule has 0 radical (unpaired) electrons. The Bertz CT molecular complexity index is 1370. The third-order valence-corrected chi connectivity index (χ3v) is 5.94. The van der Waals surface area contributed by atoms with Crippen LogP contribution < -0.4 is 24.3 Å². The highest BCUT2D eigenvalue weighted by Crippen LogP contribution is 2.32. The van der Waals surface area contributed by atoms with E-state index < -0.39 is 0 Å². The van der Waals surface area contributed by atoms with Gasteiger partial charge in [0.2, 0.25) is 5.88 Å². The SMILES string of the molecule is COc1ccc(OC)c(-c2nnc3ccc(OCCNC(=O)COc4cc(C)c(Cl)c(C)c4)nn23)c1. The van der Waals surface area contributed by atoms with Crippen molar-refractivity contribution in [1.29, 1.82) is 0 Å². The molecule has 0 saturated carbocycles. The number of fused-ring (bicyclic) bond motifs is 1. The van der Waals surface area contributed by atoms with E-state index in [9.17, 15) is 4.79 Å². The first-order chi connectivity index (χ1) is 17.4. The van der Waals surface area contributed by atoms with Gasteiger partial charge in [0.1, 0.15) is 23.9 Å². The van der Waals surface area contributed by atoms with E-state index in [1.165, 1.54) is 0 Å². The van der Waals surface area contributed by atoms with Crippen LogP contribution in [0.2, 0.25) is 5.02 Å². The number of aromatic nitrogens is 4. The molecular formula is C25H26ClN5O5. The fraction of sp³-hybridized carbons (Fsp3) is 0.280. The molecule has 0 spiro atoms. The molecule has 4 aromatic rings. The van der Waals surface area contributed by atoms with Crippen LogP contribution in [0.3, 0.4) is 0 Å². The molecule has 0 aliphatic carbocycles. The topological polar surface area (TPSA) is 109 Å². The van der Waals surface area contributed by atoms with Crippen molar-refractivity contribution in [3.8, 4) is 34.5 Å². The fourth-order valence-corrected chi connectivity index (χ4v) is 3.65. The average Bonchev–Trinajstić information content (AvgIpc) is 3.31. The van der Waals surface area contributed by atoms with Crippen LogP contribution in [0.5, 0.6) is 23.1 Å². The molecule has 0 saturated heterocycles. The van der Waals surface area contributed by atoms with Gasteiger partial charge in [-0.15, -0.1) is 15.3 Å². The van der Waals surface area contributed by atoms with Gasteiger partial charge in [0.25, 0.3) is 5.91 Å². The number of hydrogen-bond donors (Lipinski definition) is 1. The van der Waals surface area contributed by atoms with Crippen molar-refractivity contribution < 1.29 is 23.7 Å². The maximum atomic E-state index is 12.1. The fourth-order valence-electron chi connectivity index (χ4n) is 3.54. The predicted molar refractivity (Wildman–Crippen MR) is 134 cm³/mol. The average molecular weight is 512 g/mol. The van der Waals surface area contributed by atoms with Gasteiger partial charge in [-0.3, -0.25) is 4.79 Å². The minimum atomic E-state index is -0.265. The number of benzene rings is 2. The Kier molecular flexibility index (Phi) is 7.74. The Morgan fingerprint density at radius 1 is 0.972 bits per heavy atom. The number of carbonyl (C=O) groups excluding carboxylic acids is 1. The first-order valence-corrected chi connectivity index (χ1v) is 11.5. The Hall–Kier alpha value is -4.05. The quantitative estimate of drug-likeness (QED) is 0.321. The lowest BCUT2D eigenvalue weighted by molar-refractivity contribution is -0.123. The number of aryl methyl sites for hydroxylation is 2. The van der Waals surface area contributed by atoms with Crippen LogP contribution in [0.1, 0.15) is 11.1 Å². The number of methoxy groups -OCH3 is 2. The summed E-state index contributed by atoms with van der Waals surface area (Å²) in [5, 5.41) is 16.4. The summed E-state index contributed by atoms with van der Waals surface area (Å²) in [7, 11) is 3.16. The first-order valence-electron chi connectivity index (χ1n) is 11.1. The van der Waals surface area contributed by atoms with Crippen molar-refractivity contribution in [3.05, 3.63) is 58.6 Å². The Morgan fingerprint density at radius 3 is 2.47 bits per heavy atom. The van der Waals surface area contributed by atoms with Crippen LogP contribution in [0.25, 0.3) is 17.0 Å². The van der Waals surface area contributed by atoms with Crippen molar-refractivity contribution in [2.24, 2.45) is 0 Å². The molecule has 2 heterocycles. The standard InChI is InChI=1S/C25H26ClN5O5/c1-15-11-18(12-16(2)24(15)26)36-14-22(32)27-9-10-35-23-8-7-21-28-29-25(31(21)30-23)19-13-17(33-3)5-6-20(19)34-4/h5-8,11-13H,9-10,14H2,1-4H3,(H,27,32). The zero-order valence-corrected chi connectivity index (χ0v) is 21.1. The second kappa shape index (κ2) is 11.1. The molecule has 10 nitrogen and oxygen atoms in total. The summed E-state index contributed by atoms with van der Waals surface area (Å²) in [6.45, 7) is 4.15. The molecular weight excluding hydrogens is 486 g/mol. The monoisotopic (exact) mass is 511 g/mol. The van der Waals surface area contributed by atoms with Crippen molar-refractivity contribution in [2.75, 3.05) is 34.0 Å². The van der Waals surface area contributed by atoms with Crippen molar-refractivity contribution >= 4 is 23.2 Å². The number of amides is 1. The smallest absolute Gasteiger partial charge is 0.258 e. The van der Waals surface area contributed by atoms with E-state index in [-0.39, 0.29) is 25.7 Å². The molecule has 36 heavy (non-hydrogen) atoms. The van der Waals surface area contributed by atoms with Gasteiger partial charge in [-0.25, -0.2) is 0 Å². The highest BCUT2D eigenvalue weighted by Gasteiger charge is 2.16. The van der Waals surface area contributed by atoms with Gasteiger partial charge in [-0.1, -0.05) is 11.6 Å². The van der Waals surface area contributed by atoms with E-state index in [1.807, 2.05) is 13.8 Å². The summed E-state index contributed by atoms with van der Waals surface area (Å²) in [5.41, 5.74) is 3.00. The van der Waals surface area contributed by atoms with E-state index in [2.05, 4.69) is 20.6 Å². The Morgan fingerprint density at radius 2 is 1.75 bits per heavy atom. The van der Waals surface area contributed by atoms with Crippen molar-refractivity contribution in [2.45, 2.75) is 13.8 Å². The van der Waals surface area contributed by atoms with Gasteiger partial charge >= 0.3 is 0 Å². The first kappa shape index (κ1) is 25.1. The predicted octanol–water partition coefficient (Wildman–Crippen LogP) is 3.65. The summed E-state index contributed by atoms with van der Waals surface area (Å²) >= 11 is 6.17. The molecule has 4 rings (SSSR count). The zero-order valence-electron chi connectivity index (χ0n) is 20.4. The summed E-state index contributed by atoms with van der Waals surface area (Å²) in [6.07, 6.45) is 0. The number of carbonyl (C=O) groups is 1. The van der Waals surface area contributed by atoms with Crippen molar-refractivity contribution in [3.63, 3.8) is 0 Å². The summed E-state index contributed by atoms with van der Waals surface area (Å²) < 4.78 is 23.6. The molecule has 11 heteroatoms. The van der Waals surface area contributed by atoms with Crippen LogP contribution >= 0.6 is 11.6 Å². The molecule has 2 aromatic carbocycles. The third kappa shape index (κ3) is 5.60. The molecule has 0 atom stereocenters. The Balaban J connectivity index is 1.35. The minimum Gasteiger partial charge on any atom is -0.497 e. The summed E-state index contributed by atoms with van der Waals surface area (Å²) in [4.78, 5) is 12.1. The van der Waals surface area contributed by atoms with E-state index in [4.69, 9.17) is 30.5 Å². The van der Waals surface area contributed by atoms with Crippen LogP contribution in [0, 0.1) is 13.8 Å². The number of hydrogen-bond acceptors (Lipinski definition) is 8. The summed E-state index contributed by atoms with van der Waals surface area (Å²) in [6, 6.07) is 12.4. The third-order valence-electron chi connectivity index (χ3n) is 5.34. The molecule has 0 fully saturated rings. The second-order valence-electron chi connectivity index (χ2n) is 7.89. The number of nitrogens with zero attached hydrogens (tertiary/aromatic N) is 4. The van der Waals surface area contributed by atoms with Crippen LogP contribution in [-0.2, 0) is 4.79 Å². The highest BCUT2D eigenvalue weighted by atomic mass is 35.5. The molecule has 0 unspecified atom stereocenters. The molecule has 0 aliphatic heterocycles. The van der Waals surface area contributed by atoms with E-state index >= 15 is 0 Å². The maximum Gasteiger partial charge on any atom is 0.258 e. The number of nitrogens with one attached hydrogen (secondary N) is 1. The van der Waals surface area contributed by atoms with E-state index in [0.717, 1.165) is 11.1 Å². The van der Waals surface area contributed by atoms with E-state index in [1.54, 1.807) is 61.2 Å². The van der Waals surface area contributed by atoms with Crippen LogP contribution in [0.4, 0.5) is 0 Å². The minimum absolute atomic E-state index is 0.114. The van der Waals surface area contributed by atoms with Gasteiger partial charge in [-0.05, 0) is 61.4 Å². The van der Waals surface area contributed by atoms with Gasteiger partial charge in [-0.2, -0.15) is 4.52 Å². The lowest BCUT2D eigenvalue weighted by atomic mass is 10.1. The normalized spacial score (nSPS) is 10.8. The zero-order chi connectivity index (χ0) is 25.7. The van der Waals surface area contributed by atoms with Gasteiger partial charge in [0, 0.05) is 11.1 Å². The largest absolute Gasteiger partial charge is 0.497 e.